The highest BCUT2D eigenvalue weighted by Gasteiger charge is 2.10. The first-order chi connectivity index (χ1) is 8.58. The Kier molecular flexibility index (Phi) is 6.15. The van der Waals surface area contributed by atoms with E-state index in [0.717, 1.165) is 22.3 Å². The smallest absolute Gasteiger partial charge is 0.234 e. The van der Waals surface area contributed by atoms with Crippen LogP contribution in [0.2, 0.25) is 0 Å². The lowest BCUT2D eigenvalue weighted by atomic mass is 10.1. The van der Waals surface area contributed by atoms with Gasteiger partial charge in [0.15, 0.2) is 0 Å². The number of benzene rings is 1. The van der Waals surface area contributed by atoms with E-state index in [-0.39, 0.29) is 11.9 Å². The van der Waals surface area contributed by atoms with Crippen molar-refractivity contribution in [3.05, 3.63) is 28.2 Å². The summed E-state index contributed by atoms with van der Waals surface area (Å²) < 4.78 is 6.05. The highest BCUT2D eigenvalue weighted by molar-refractivity contribution is 9.10. The molecule has 1 rings (SSSR count). The standard InChI is InChI=1S/C13H19BrN2O2/c1-4-15-8-13(17)16-9(2)10-5-6-12(18-3)11(14)7-10/h5-7,9,15H,4,8H2,1-3H3,(H,16,17). The third-order valence-corrected chi connectivity index (χ3v) is 3.21. The molecule has 0 aliphatic carbocycles. The van der Waals surface area contributed by atoms with Crippen LogP contribution in [0.25, 0.3) is 0 Å². The summed E-state index contributed by atoms with van der Waals surface area (Å²) in [6, 6.07) is 5.75. The number of amides is 1. The molecule has 100 valence electrons. The molecule has 1 aromatic carbocycles. The van der Waals surface area contributed by atoms with Crippen molar-refractivity contribution in [1.29, 1.82) is 0 Å². The maximum absolute atomic E-state index is 11.6. The predicted molar refractivity (Wildman–Crippen MR) is 75.8 cm³/mol. The van der Waals surface area contributed by atoms with Crippen LogP contribution in [0.1, 0.15) is 25.5 Å². The molecule has 0 bridgehead atoms. The topological polar surface area (TPSA) is 50.4 Å². The van der Waals surface area contributed by atoms with Gasteiger partial charge in [0.25, 0.3) is 0 Å². The lowest BCUT2D eigenvalue weighted by molar-refractivity contribution is -0.120. The molecule has 1 aromatic rings. The average Bonchev–Trinajstić information content (AvgIpc) is 2.36. The Morgan fingerprint density at radius 2 is 2.22 bits per heavy atom. The van der Waals surface area contributed by atoms with Crippen molar-refractivity contribution in [3.63, 3.8) is 0 Å². The largest absolute Gasteiger partial charge is 0.496 e. The Morgan fingerprint density at radius 1 is 1.50 bits per heavy atom. The van der Waals surface area contributed by atoms with E-state index in [2.05, 4.69) is 26.6 Å². The van der Waals surface area contributed by atoms with Crippen molar-refractivity contribution in [3.8, 4) is 5.75 Å². The van der Waals surface area contributed by atoms with E-state index < -0.39 is 0 Å². The lowest BCUT2D eigenvalue weighted by Crippen LogP contribution is -2.35. The van der Waals surface area contributed by atoms with E-state index >= 15 is 0 Å². The van der Waals surface area contributed by atoms with Gasteiger partial charge in [-0.15, -0.1) is 0 Å². The minimum atomic E-state index is -0.0293. The molecule has 0 spiro atoms. The Morgan fingerprint density at radius 3 is 2.78 bits per heavy atom. The quantitative estimate of drug-likeness (QED) is 0.846. The van der Waals surface area contributed by atoms with E-state index in [9.17, 15) is 4.79 Å². The van der Waals surface area contributed by atoms with Crippen LogP contribution < -0.4 is 15.4 Å². The van der Waals surface area contributed by atoms with Crippen molar-refractivity contribution < 1.29 is 9.53 Å². The number of halogens is 1. The Balaban J connectivity index is 2.63. The molecule has 0 radical (unpaired) electrons. The van der Waals surface area contributed by atoms with Crippen molar-refractivity contribution >= 4 is 21.8 Å². The second-order valence-corrected chi connectivity index (χ2v) is 4.82. The summed E-state index contributed by atoms with van der Waals surface area (Å²) in [6.07, 6.45) is 0. The molecule has 1 amide bonds. The highest BCUT2D eigenvalue weighted by atomic mass is 79.9. The summed E-state index contributed by atoms with van der Waals surface area (Å²) in [4.78, 5) is 11.6. The second kappa shape index (κ2) is 7.38. The molecule has 5 heteroatoms. The monoisotopic (exact) mass is 314 g/mol. The van der Waals surface area contributed by atoms with Gasteiger partial charge in [-0.25, -0.2) is 0 Å². The molecule has 0 heterocycles. The Bertz CT molecular complexity index is 410. The van der Waals surface area contributed by atoms with Crippen LogP contribution in [0.15, 0.2) is 22.7 Å². The first-order valence-corrected chi connectivity index (χ1v) is 6.71. The minimum Gasteiger partial charge on any atom is -0.496 e. The number of methoxy groups -OCH3 is 1. The summed E-state index contributed by atoms with van der Waals surface area (Å²) in [5.74, 6) is 0.779. The van der Waals surface area contributed by atoms with Gasteiger partial charge in [0, 0.05) is 0 Å². The van der Waals surface area contributed by atoms with Crippen LogP contribution in [-0.4, -0.2) is 26.1 Å². The molecule has 0 aliphatic rings. The van der Waals surface area contributed by atoms with Crippen molar-refractivity contribution in [2.75, 3.05) is 20.2 Å². The van der Waals surface area contributed by atoms with Crippen molar-refractivity contribution in [2.24, 2.45) is 0 Å². The minimum absolute atomic E-state index is 0.00343. The summed E-state index contributed by atoms with van der Waals surface area (Å²) in [5.41, 5.74) is 1.03. The SMILES string of the molecule is CCNCC(=O)NC(C)c1ccc(OC)c(Br)c1. The third kappa shape index (κ3) is 4.31. The number of ether oxygens (including phenoxy) is 1. The van der Waals surface area contributed by atoms with E-state index in [4.69, 9.17) is 4.74 Å². The number of rotatable bonds is 6. The van der Waals surface area contributed by atoms with Gasteiger partial charge in [0.1, 0.15) is 5.75 Å². The molecular formula is C13H19BrN2O2. The molecule has 0 saturated heterocycles. The molecular weight excluding hydrogens is 296 g/mol. The molecule has 18 heavy (non-hydrogen) atoms. The predicted octanol–water partition coefficient (Wildman–Crippen LogP) is 2.24. The fourth-order valence-corrected chi connectivity index (χ4v) is 2.12. The summed E-state index contributed by atoms with van der Waals surface area (Å²) in [6.45, 7) is 5.06. The summed E-state index contributed by atoms with van der Waals surface area (Å²) in [7, 11) is 1.63. The van der Waals surface area contributed by atoms with Gasteiger partial charge in [-0.1, -0.05) is 13.0 Å². The summed E-state index contributed by atoms with van der Waals surface area (Å²) >= 11 is 3.43. The van der Waals surface area contributed by atoms with Crippen LogP contribution in [0.4, 0.5) is 0 Å². The number of nitrogens with one attached hydrogen (secondary N) is 2. The number of hydrogen-bond donors (Lipinski definition) is 2. The van der Waals surface area contributed by atoms with Crippen molar-refractivity contribution in [2.45, 2.75) is 19.9 Å². The van der Waals surface area contributed by atoms with Gasteiger partial charge in [-0.05, 0) is 47.1 Å². The average molecular weight is 315 g/mol. The van der Waals surface area contributed by atoms with Crippen molar-refractivity contribution in [1.82, 2.24) is 10.6 Å². The van der Waals surface area contributed by atoms with Gasteiger partial charge >= 0.3 is 0 Å². The first-order valence-electron chi connectivity index (χ1n) is 5.92. The second-order valence-electron chi connectivity index (χ2n) is 3.96. The van der Waals surface area contributed by atoms with E-state index in [0.29, 0.717) is 6.54 Å². The molecule has 1 atom stereocenters. The Hall–Kier alpha value is -1.07. The van der Waals surface area contributed by atoms with Gasteiger partial charge in [0.05, 0.1) is 24.2 Å². The van der Waals surface area contributed by atoms with E-state index in [1.165, 1.54) is 0 Å². The van der Waals surface area contributed by atoms with Crippen LogP contribution in [0.5, 0.6) is 5.75 Å². The van der Waals surface area contributed by atoms with Gasteiger partial charge in [0.2, 0.25) is 5.91 Å². The normalized spacial score (nSPS) is 12.0. The zero-order valence-corrected chi connectivity index (χ0v) is 12.5. The maximum Gasteiger partial charge on any atom is 0.234 e. The van der Waals surface area contributed by atoms with Crippen LogP contribution in [0, 0.1) is 0 Å². The van der Waals surface area contributed by atoms with Crippen LogP contribution in [-0.2, 0) is 4.79 Å². The third-order valence-electron chi connectivity index (χ3n) is 2.59. The maximum atomic E-state index is 11.6. The first kappa shape index (κ1) is 15.0. The van der Waals surface area contributed by atoms with Crippen LogP contribution in [0.3, 0.4) is 0 Å². The van der Waals surface area contributed by atoms with Crippen LogP contribution >= 0.6 is 15.9 Å². The van der Waals surface area contributed by atoms with Gasteiger partial charge < -0.3 is 15.4 Å². The fourth-order valence-electron chi connectivity index (χ4n) is 1.57. The lowest BCUT2D eigenvalue weighted by Gasteiger charge is -2.15. The molecule has 0 aliphatic heterocycles. The van der Waals surface area contributed by atoms with Gasteiger partial charge in [-0.2, -0.15) is 0 Å². The zero-order valence-electron chi connectivity index (χ0n) is 10.9. The summed E-state index contributed by atoms with van der Waals surface area (Å²) in [5, 5.41) is 5.93. The molecule has 0 fully saturated rings. The molecule has 1 unspecified atom stereocenters. The highest BCUT2D eigenvalue weighted by Crippen LogP contribution is 2.27. The molecule has 0 aromatic heterocycles. The zero-order chi connectivity index (χ0) is 13.5. The Labute approximate surface area is 116 Å². The number of hydrogen-bond acceptors (Lipinski definition) is 3. The van der Waals surface area contributed by atoms with E-state index in [1.54, 1.807) is 7.11 Å². The molecule has 2 N–H and O–H groups in total. The number of likely N-dealkylation sites (N-methyl/N-ethyl adjacent to an activating group) is 1. The number of carbonyl (C=O) groups is 1. The number of carbonyl (C=O) groups excluding carboxylic acids is 1. The molecule has 4 nitrogen and oxygen atoms in total. The molecule has 0 saturated carbocycles. The van der Waals surface area contributed by atoms with Gasteiger partial charge in [-0.3, -0.25) is 4.79 Å². The fraction of sp³-hybridized carbons (Fsp3) is 0.462. The van der Waals surface area contributed by atoms with E-state index in [1.807, 2.05) is 32.0 Å².